The van der Waals surface area contributed by atoms with Gasteiger partial charge in [-0.25, -0.2) is 4.79 Å². The van der Waals surface area contributed by atoms with E-state index in [9.17, 15) is 14.7 Å². The number of carboxylic acids is 1. The van der Waals surface area contributed by atoms with Crippen LogP contribution in [0.2, 0.25) is 0 Å². The number of unbranched alkanes of at least 4 members (excludes halogenated alkanes) is 6. The van der Waals surface area contributed by atoms with Crippen molar-refractivity contribution in [1.29, 1.82) is 0 Å². The van der Waals surface area contributed by atoms with Gasteiger partial charge >= 0.3 is 6.09 Å². The molecule has 0 radical (unpaired) electrons. The van der Waals surface area contributed by atoms with Gasteiger partial charge in [-0.1, -0.05) is 45.4 Å². The maximum atomic E-state index is 11.7. The van der Waals surface area contributed by atoms with Gasteiger partial charge in [0.15, 0.2) is 0 Å². The van der Waals surface area contributed by atoms with Crippen LogP contribution in [0, 0.1) is 0 Å². The molecular formula is C17H34N2O4. The normalized spacial score (nSPS) is 12.7. The molecule has 1 atom stereocenters. The minimum Gasteiger partial charge on any atom is -0.550 e. The van der Waals surface area contributed by atoms with Crippen molar-refractivity contribution in [2.24, 2.45) is 0 Å². The molecule has 0 saturated carbocycles. The van der Waals surface area contributed by atoms with Gasteiger partial charge in [-0.3, -0.25) is 0 Å². The van der Waals surface area contributed by atoms with Gasteiger partial charge in [0.25, 0.3) is 0 Å². The second-order valence-electron chi connectivity index (χ2n) is 7.15. The number of hydrogen-bond donors (Lipinski definition) is 1. The highest BCUT2D eigenvalue weighted by Crippen LogP contribution is 2.07. The number of likely N-dealkylation sites (N-methyl/N-ethyl adjacent to an activating group) is 1. The number of rotatable bonds is 13. The Hall–Kier alpha value is -1.30. The van der Waals surface area contributed by atoms with Gasteiger partial charge in [0, 0.05) is 12.4 Å². The van der Waals surface area contributed by atoms with E-state index >= 15 is 0 Å². The highest BCUT2D eigenvalue weighted by atomic mass is 16.5. The molecule has 1 unspecified atom stereocenters. The van der Waals surface area contributed by atoms with Crippen LogP contribution in [0.15, 0.2) is 0 Å². The van der Waals surface area contributed by atoms with Crippen molar-refractivity contribution in [2.75, 3.05) is 34.3 Å². The van der Waals surface area contributed by atoms with Crippen LogP contribution in [0.1, 0.15) is 58.3 Å². The zero-order chi connectivity index (χ0) is 17.7. The van der Waals surface area contributed by atoms with Crippen LogP contribution in [-0.2, 0) is 9.53 Å². The quantitative estimate of drug-likeness (QED) is 0.412. The van der Waals surface area contributed by atoms with E-state index in [1.165, 1.54) is 32.1 Å². The molecule has 0 aromatic rings. The fraction of sp³-hybridized carbons (Fsp3) is 0.882. The van der Waals surface area contributed by atoms with Crippen LogP contribution in [-0.4, -0.2) is 56.9 Å². The van der Waals surface area contributed by atoms with Gasteiger partial charge in [0.05, 0.1) is 40.3 Å². The van der Waals surface area contributed by atoms with Gasteiger partial charge in [0.1, 0.15) is 0 Å². The number of aliphatic carboxylic acids is 1. The lowest BCUT2D eigenvalue weighted by molar-refractivity contribution is -0.871. The summed E-state index contributed by atoms with van der Waals surface area (Å²) in [6.45, 7) is 3.07. The fourth-order valence-electron chi connectivity index (χ4n) is 2.46. The molecule has 0 rings (SSSR count). The van der Waals surface area contributed by atoms with Gasteiger partial charge in [-0.05, 0) is 6.42 Å². The van der Waals surface area contributed by atoms with Gasteiger partial charge in [-0.15, -0.1) is 0 Å². The number of hydrogen-bond acceptors (Lipinski definition) is 4. The Morgan fingerprint density at radius 1 is 1.04 bits per heavy atom. The first-order chi connectivity index (χ1) is 10.7. The summed E-state index contributed by atoms with van der Waals surface area (Å²) >= 11 is 0. The molecule has 1 amide bonds. The van der Waals surface area contributed by atoms with E-state index in [4.69, 9.17) is 4.74 Å². The lowest BCUT2D eigenvalue weighted by Gasteiger charge is -2.29. The Kier molecular flexibility index (Phi) is 11.5. The first-order valence-electron chi connectivity index (χ1n) is 8.68. The molecule has 0 aliphatic carbocycles. The van der Waals surface area contributed by atoms with Crippen molar-refractivity contribution in [2.45, 2.75) is 64.3 Å². The van der Waals surface area contributed by atoms with Crippen molar-refractivity contribution in [3.05, 3.63) is 0 Å². The van der Waals surface area contributed by atoms with Crippen LogP contribution >= 0.6 is 0 Å². The van der Waals surface area contributed by atoms with Crippen molar-refractivity contribution >= 4 is 12.1 Å². The van der Waals surface area contributed by atoms with Crippen LogP contribution in [0.5, 0.6) is 0 Å². The van der Waals surface area contributed by atoms with Crippen molar-refractivity contribution in [1.82, 2.24) is 5.32 Å². The third kappa shape index (κ3) is 15.4. The number of amides is 1. The number of ether oxygens (including phenoxy) is 1. The zero-order valence-corrected chi connectivity index (χ0v) is 15.2. The average molecular weight is 330 g/mol. The molecule has 0 aliphatic heterocycles. The van der Waals surface area contributed by atoms with Gasteiger partial charge in [0.2, 0.25) is 0 Å². The SMILES string of the molecule is CCCCCCCCCOC(=O)NC(CC(=O)[O-])C[N+](C)(C)C. The summed E-state index contributed by atoms with van der Waals surface area (Å²) in [7, 11) is 5.81. The summed E-state index contributed by atoms with van der Waals surface area (Å²) < 4.78 is 5.68. The molecule has 0 heterocycles. The summed E-state index contributed by atoms with van der Waals surface area (Å²) in [6.07, 6.45) is 7.34. The standard InChI is InChI=1S/C17H34N2O4/c1-5-6-7-8-9-10-11-12-23-17(22)18-15(13-16(20)21)14-19(2,3)4/h15H,5-14H2,1-4H3,(H-,18,20,21,22). The molecule has 23 heavy (non-hydrogen) atoms. The van der Waals surface area contributed by atoms with E-state index in [1.54, 1.807) is 0 Å². The van der Waals surface area contributed by atoms with Crippen molar-refractivity contribution < 1.29 is 23.9 Å². The summed E-state index contributed by atoms with van der Waals surface area (Å²) in [5, 5.41) is 13.4. The Bertz CT molecular complexity index is 340. The predicted molar refractivity (Wildman–Crippen MR) is 88.8 cm³/mol. The number of nitrogens with zero attached hydrogens (tertiary/aromatic N) is 1. The zero-order valence-electron chi connectivity index (χ0n) is 15.2. The van der Waals surface area contributed by atoms with Crippen molar-refractivity contribution in [3.63, 3.8) is 0 Å². The number of nitrogens with one attached hydrogen (secondary N) is 1. The van der Waals surface area contributed by atoms with Crippen LogP contribution in [0.25, 0.3) is 0 Å². The molecule has 1 N–H and O–H groups in total. The summed E-state index contributed by atoms with van der Waals surface area (Å²) in [5.74, 6) is -1.17. The fourth-order valence-corrected chi connectivity index (χ4v) is 2.46. The van der Waals surface area contributed by atoms with E-state index in [0.29, 0.717) is 17.6 Å². The van der Waals surface area contributed by atoms with Crippen LogP contribution in [0.3, 0.4) is 0 Å². The lowest BCUT2D eigenvalue weighted by atomic mass is 10.1. The van der Waals surface area contributed by atoms with Gasteiger partial charge < -0.3 is 24.4 Å². The van der Waals surface area contributed by atoms with E-state index in [2.05, 4.69) is 12.2 Å². The molecular weight excluding hydrogens is 296 g/mol. The number of quaternary nitrogens is 1. The minimum atomic E-state index is -1.17. The molecule has 6 heteroatoms. The lowest BCUT2D eigenvalue weighted by Crippen LogP contribution is -2.51. The van der Waals surface area contributed by atoms with E-state index < -0.39 is 18.1 Å². The monoisotopic (exact) mass is 330 g/mol. The second kappa shape index (κ2) is 12.2. The molecule has 0 spiro atoms. The van der Waals surface area contributed by atoms with E-state index in [1.807, 2.05) is 21.1 Å². The van der Waals surface area contributed by atoms with E-state index in [-0.39, 0.29) is 6.42 Å². The number of carbonyl (C=O) groups is 2. The molecule has 0 bridgehead atoms. The maximum Gasteiger partial charge on any atom is 0.407 e. The second-order valence-corrected chi connectivity index (χ2v) is 7.15. The Balaban J connectivity index is 3.88. The molecule has 136 valence electrons. The van der Waals surface area contributed by atoms with Gasteiger partial charge in [-0.2, -0.15) is 0 Å². The Labute approximate surface area is 140 Å². The van der Waals surface area contributed by atoms with Crippen LogP contribution in [0.4, 0.5) is 4.79 Å². The molecule has 0 aromatic carbocycles. The van der Waals surface area contributed by atoms with E-state index in [0.717, 1.165) is 12.8 Å². The Morgan fingerprint density at radius 3 is 2.13 bits per heavy atom. The summed E-state index contributed by atoms with van der Waals surface area (Å²) in [5.41, 5.74) is 0. The third-order valence-electron chi connectivity index (χ3n) is 3.48. The average Bonchev–Trinajstić information content (AvgIpc) is 2.39. The summed E-state index contributed by atoms with van der Waals surface area (Å²) in [4.78, 5) is 22.5. The molecule has 0 saturated heterocycles. The smallest absolute Gasteiger partial charge is 0.407 e. The molecule has 0 aromatic heterocycles. The number of carbonyl (C=O) groups excluding carboxylic acids is 2. The maximum absolute atomic E-state index is 11.7. The highest BCUT2D eigenvalue weighted by molar-refractivity contribution is 5.70. The number of alkyl carbamates (subject to hydrolysis) is 1. The first-order valence-corrected chi connectivity index (χ1v) is 8.68. The molecule has 0 aliphatic rings. The summed E-state index contributed by atoms with van der Waals surface area (Å²) in [6, 6.07) is -0.485. The minimum absolute atomic E-state index is 0.206. The largest absolute Gasteiger partial charge is 0.550 e. The topological polar surface area (TPSA) is 78.5 Å². The first kappa shape index (κ1) is 21.7. The number of carboxylic acid groups (broad SMARTS) is 1. The Morgan fingerprint density at radius 2 is 1.61 bits per heavy atom. The third-order valence-corrected chi connectivity index (χ3v) is 3.48. The molecule has 0 fully saturated rings. The predicted octanol–water partition coefficient (Wildman–Crippen LogP) is 1.68. The van der Waals surface area contributed by atoms with Crippen molar-refractivity contribution in [3.8, 4) is 0 Å². The molecule has 6 nitrogen and oxygen atoms in total. The highest BCUT2D eigenvalue weighted by Gasteiger charge is 2.20. The van der Waals surface area contributed by atoms with Crippen LogP contribution < -0.4 is 10.4 Å².